The molecule has 2 aromatic heterocycles. The summed E-state index contributed by atoms with van der Waals surface area (Å²) in [4.78, 5) is 12.8. The molecule has 0 unspecified atom stereocenters. The monoisotopic (exact) mass is 248 g/mol. The van der Waals surface area contributed by atoms with Crippen molar-refractivity contribution in [3.63, 3.8) is 0 Å². The molecule has 0 atom stereocenters. The van der Waals surface area contributed by atoms with E-state index in [4.69, 9.17) is 0 Å². The van der Waals surface area contributed by atoms with Crippen molar-refractivity contribution in [2.24, 2.45) is 0 Å². The van der Waals surface area contributed by atoms with Gasteiger partial charge in [-0.05, 0) is 30.0 Å². The van der Waals surface area contributed by atoms with Gasteiger partial charge in [-0.2, -0.15) is 0 Å². The average Bonchev–Trinajstić information content (AvgIpc) is 2.99. The Morgan fingerprint density at radius 3 is 2.82 bits per heavy atom. The van der Waals surface area contributed by atoms with Crippen molar-refractivity contribution < 1.29 is 4.79 Å². The van der Waals surface area contributed by atoms with Gasteiger partial charge in [-0.25, -0.2) is 0 Å². The molecule has 1 N–H and O–H groups in total. The third-order valence-electron chi connectivity index (χ3n) is 2.54. The first-order valence-corrected chi connectivity index (χ1v) is 6.62. The van der Waals surface area contributed by atoms with Gasteiger partial charge in [0.15, 0.2) is 0 Å². The van der Waals surface area contributed by atoms with Gasteiger partial charge in [0.05, 0.1) is 0 Å². The molecule has 90 valence electrons. The van der Waals surface area contributed by atoms with E-state index in [1.165, 1.54) is 4.88 Å². The molecule has 0 saturated heterocycles. The van der Waals surface area contributed by atoms with Gasteiger partial charge in [0.25, 0.3) is 0 Å². The number of nitrogens with one attached hydrogen (secondary N) is 1. The van der Waals surface area contributed by atoms with Gasteiger partial charge in [-0.15, -0.1) is 11.3 Å². The van der Waals surface area contributed by atoms with Crippen LogP contribution >= 0.6 is 11.3 Å². The number of hydrogen-bond donors (Lipinski definition) is 1. The van der Waals surface area contributed by atoms with Crippen LogP contribution in [0.15, 0.2) is 42.0 Å². The minimum absolute atomic E-state index is 0.130. The Morgan fingerprint density at radius 2 is 2.12 bits per heavy atom. The zero-order chi connectivity index (χ0) is 11.9. The number of thiophene rings is 1. The van der Waals surface area contributed by atoms with Crippen LogP contribution in [0.4, 0.5) is 0 Å². The fourth-order valence-electron chi connectivity index (χ4n) is 1.62. The maximum Gasteiger partial charge on any atom is 0.220 e. The zero-order valence-corrected chi connectivity index (χ0v) is 10.5. The minimum Gasteiger partial charge on any atom is -0.354 e. The van der Waals surface area contributed by atoms with Crippen LogP contribution in [-0.2, 0) is 17.8 Å². The Balaban J connectivity index is 1.61. The maximum absolute atomic E-state index is 11.6. The predicted molar refractivity (Wildman–Crippen MR) is 70.1 cm³/mol. The molecule has 2 heterocycles. The molecule has 0 aromatic carbocycles. The lowest BCUT2D eigenvalue weighted by molar-refractivity contribution is -0.121. The summed E-state index contributed by atoms with van der Waals surface area (Å²) < 4.78 is 2.06. The number of nitrogens with zero attached hydrogens (tertiary/aromatic N) is 1. The second-order valence-corrected chi connectivity index (χ2v) is 4.88. The summed E-state index contributed by atoms with van der Waals surface area (Å²) in [5.41, 5.74) is 0. The van der Waals surface area contributed by atoms with Crippen LogP contribution < -0.4 is 5.32 Å². The molecule has 0 fully saturated rings. The van der Waals surface area contributed by atoms with Crippen molar-refractivity contribution in [1.29, 1.82) is 0 Å². The molecule has 2 rings (SSSR count). The fourth-order valence-corrected chi connectivity index (χ4v) is 2.33. The molecule has 1 amide bonds. The summed E-state index contributed by atoms with van der Waals surface area (Å²) in [7, 11) is 0. The van der Waals surface area contributed by atoms with Crippen molar-refractivity contribution in [1.82, 2.24) is 9.88 Å². The standard InChI is InChI=1S/C13H16N2OS/c16-13(6-5-12-4-3-11-17-12)14-7-10-15-8-1-2-9-15/h1-4,8-9,11H,5-7,10H2,(H,14,16). The molecule has 2 aromatic rings. The summed E-state index contributed by atoms with van der Waals surface area (Å²) >= 11 is 1.70. The lowest BCUT2D eigenvalue weighted by atomic mass is 10.2. The fraction of sp³-hybridized carbons (Fsp3) is 0.308. The first-order valence-electron chi connectivity index (χ1n) is 5.74. The molecular weight excluding hydrogens is 232 g/mol. The Kier molecular flexibility index (Phi) is 4.38. The van der Waals surface area contributed by atoms with Crippen LogP contribution in [0, 0.1) is 0 Å². The van der Waals surface area contributed by atoms with E-state index in [9.17, 15) is 4.79 Å². The van der Waals surface area contributed by atoms with Crippen LogP contribution in [0.25, 0.3) is 0 Å². The molecule has 3 nitrogen and oxygen atoms in total. The lowest BCUT2D eigenvalue weighted by Crippen LogP contribution is -2.27. The largest absolute Gasteiger partial charge is 0.354 e. The van der Waals surface area contributed by atoms with E-state index < -0.39 is 0 Å². The van der Waals surface area contributed by atoms with Gasteiger partial charge in [0.1, 0.15) is 0 Å². The summed E-state index contributed by atoms with van der Waals surface area (Å²) in [6.07, 6.45) is 5.41. The summed E-state index contributed by atoms with van der Waals surface area (Å²) in [6.45, 7) is 1.52. The van der Waals surface area contributed by atoms with Crippen molar-refractivity contribution in [3.05, 3.63) is 46.9 Å². The van der Waals surface area contributed by atoms with E-state index in [0.717, 1.165) is 13.0 Å². The molecular formula is C13H16N2OS. The van der Waals surface area contributed by atoms with Crippen LogP contribution in [0.1, 0.15) is 11.3 Å². The van der Waals surface area contributed by atoms with Crippen molar-refractivity contribution in [3.8, 4) is 0 Å². The van der Waals surface area contributed by atoms with Crippen molar-refractivity contribution in [2.75, 3.05) is 6.54 Å². The SMILES string of the molecule is O=C(CCc1cccs1)NCCn1cccc1. The predicted octanol–water partition coefficient (Wildman–Crippen LogP) is 2.30. The minimum atomic E-state index is 0.130. The molecule has 0 bridgehead atoms. The molecule has 17 heavy (non-hydrogen) atoms. The second kappa shape index (κ2) is 6.25. The molecule has 0 aliphatic rings. The quantitative estimate of drug-likeness (QED) is 0.836. The average molecular weight is 248 g/mol. The highest BCUT2D eigenvalue weighted by atomic mass is 32.1. The van der Waals surface area contributed by atoms with Crippen LogP contribution in [0.2, 0.25) is 0 Å². The van der Waals surface area contributed by atoms with Gasteiger partial charge < -0.3 is 9.88 Å². The summed E-state index contributed by atoms with van der Waals surface area (Å²) in [6, 6.07) is 8.05. The maximum atomic E-state index is 11.6. The van der Waals surface area contributed by atoms with Gasteiger partial charge in [0.2, 0.25) is 5.91 Å². The Morgan fingerprint density at radius 1 is 1.29 bits per heavy atom. The number of aromatic nitrogens is 1. The highest BCUT2D eigenvalue weighted by molar-refractivity contribution is 7.09. The van der Waals surface area contributed by atoms with Crippen LogP contribution in [0.3, 0.4) is 0 Å². The van der Waals surface area contributed by atoms with Crippen molar-refractivity contribution in [2.45, 2.75) is 19.4 Å². The number of rotatable bonds is 6. The van der Waals surface area contributed by atoms with E-state index in [2.05, 4.69) is 16.0 Å². The number of hydrogen-bond acceptors (Lipinski definition) is 2. The Labute approximate surface area is 105 Å². The molecule has 0 saturated carbocycles. The number of carbonyl (C=O) groups is 1. The van der Waals surface area contributed by atoms with E-state index >= 15 is 0 Å². The summed E-state index contributed by atoms with van der Waals surface area (Å²) in [5.74, 6) is 0.130. The van der Waals surface area contributed by atoms with Gasteiger partial charge in [0, 0.05) is 36.8 Å². The third-order valence-corrected chi connectivity index (χ3v) is 3.47. The van der Waals surface area contributed by atoms with E-state index in [1.807, 2.05) is 36.0 Å². The van der Waals surface area contributed by atoms with E-state index in [0.29, 0.717) is 13.0 Å². The zero-order valence-electron chi connectivity index (χ0n) is 9.63. The van der Waals surface area contributed by atoms with Crippen molar-refractivity contribution >= 4 is 17.2 Å². The van der Waals surface area contributed by atoms with Crippen LogP contribution in [0.5, 0.6) is 0 Å². The normalized spacial score (nSPS) is 10.4. The van der Waals surface area contributed by atoms with Gasteiger partial charge in [-0.1, -0.05) is 6.07 Å². The molecule has 0 spiro atoms. The highest BCUT2D eigenvalue weighted by Crippen LogP contribution is 2.10. The summed E-state index contributed by atoms with van der Waals surface area (Å²) in [5, 5.41) is 4.97. The topological polar surface area (TPSA) is 34.0 Å². The first kappa shape index (κ1) is 11.9. The molecule has 4 heteroatoms. The highest BCUT2D eigenvalue weighted by Gasteiger charge is 2.02. The Bertz CT molecular complexity index is 434. The lowest BCUT2D eigenvalue weighted by Gasteiger charge is -2.05. The number of carbonyl (C=O) groups excluding carboxylic acids is 1. The molecule has 0 aliphatic carbocycles. The molecule has 0 aliphatic heterocycles. The van der Waals surface area contributed by atoms with E-state index in [1.54, 1.807) is 11.3 Å². The Hall–Kier alpha value is -1.55. The second-order valence-electron chi connectivity index (χ2n) is 3.85. The van der Waals surface area contributed by atoms with Gasteiger partial charge >= 0.3 is 0 Å². The molecule has 0 radical (unpaired) electrons. The number of amides is 1. The smallest absolute Gasteiger partial charge is 0.220 e. The third kappa shape index (κ3) is 4.07. The van der Waals surface area contributed by atoms with Gasteiger partial charge in [-0.3, -0.25) is 4.79 Å². The first-order chi connectivity index (χ1) is 8.34. The number of aryl methyl sites for hydroxylation is 1. The van der Waals surface area contributed by atoms with Crippen LogP contribution in [-0.4, -0.2) is 17.0 Å². The van der Waals surface area contributed by atoms with E-state index in [-0.39, 0.29) is 5.91 Å².